The third-order valence-corrected chi connectivity index (χ3v) is 6.79. The van der Waals surface area contributed by atoms with Gasteiger partial charge in [-0.3, -0.25) is 14.4 Å². The Labute approximate surface area is 139 Å². The van der Waals surface area contributed by atoms with E-state index < -0.39 is 11.8 Å². The number of fused-ring (bicyclic) bond motifs is 3. The Morgan fingerprint density at radius 2 is 1.71 bits per heavy atom. The van der Waals surface area contributed by atoms with E-state index in [9.17, 15) is 14.4 Å². The molecule has 2 saturated carbocycles. The van der Waals surface area contributed by atoms with Gasteiger partial charge in [-0.05, 0) is 48.3 Å². The van der Waals surface area contributed by atoms with E-state index in [0.717, 1.165) is 18.4 Å². The Morgan fingerprint density at radius 1 is 1.04 bits per heavy atom. The molecule has 0 spiro atoms. The molecule has 5 nitrogen and oxygen atoms in total. The third kappa shape index (κ3) is 1.84. The molecule has 1 aromatic rings. The molecule has 3 aliphatic rings. The molecule has 5 heteroatoms. The van der Waals surface area contributed by atoms with E-state index in [4.69, 9.17) is 0 Å². The number of nitrogens with zero attached hydrogens (tertiary/aromatic N) is 2. The van der Waals surface area contributed by atoms with E-state index in [-0.39, 0.29) is 16.7 Å². The number of carbonyl (C=O) groups excluding carboxylic acids is 3. The first-order valence-electron chi connectivity index (χ1n) is 8.43. The Hall–Kier alpha value is -2.17. The first kappa shape index (κ1) is 15.4. The van der Waals surface area contributed by atoms with Gasteiger partial charge < -0.3 is 0 Å². The van der Waals surface area contributed by atoms with Gasteiger partial charge in [0.1, 0.15) is 5.78 Å². The lowest BCUT2D eigenvalue weighted by Gasteiger charge is -2.32. The maximum atomic E-state index is 13.0. The lowest BCUT2D eigenvalue weighted by atomic mass is 9.70. The van der Waals surface area contributed by atoms with Crippen LogP contribution in [-0.2, 0) is 20.8 Å². The van der Waals surface area contributed by atoms with Gasteiger partial charge in [0.05, 0.1) is 10.7 Å². The van der Waals surface area contributed by atoms with E-state index in [2.05, 4.69) is 30.8 Å². The van der Waals surface area contributed by atoms with Crippen LogP contribution in [0.25, 0.3) is 0 Å². The molecule has 2 amide bonds. The maximum Gasteiger partial charge on any atom is 0.338 e. The highest BCUT2D eigenvalue weighted by molar-refractivity contribution is 6.36. The van der Waals surface area contributed by atoms with Gasteiger partial charge in [-0.2, -0.15) is 0 Å². The predicted molar refractivity (Wildman–Crippen MR) is 85.6 cm³/mol. The fourth-order valence-corrected chi connectivity index (χ4v) is 4.96. The third-order valence-electron chi connectivity index (χ3n) is 6.79. The van der Waals surface area contributed by atoms with Crippen LogP contribution in [0.4, 0.5) is 0 Å². The van der Waals surface area contributed by atoms with Crippen LogP contribution >= 0.6 is 0 Å². The maximum absolute atomic E-state index is 13.0. The molecular formula is C19H20N2O3. The summed E-state index contributed by atoms with van der Waals surface area (Å²) in [6, 6.07) is 5.39. The van der Waals surface area contributed by atoms with Crippen molar-refractivity contribution in [2.24, 2.45) is 32.7 Å². The number of carbonyl (C=O) groups is 3. The Morgan fingerprint density at radius 3 is 2.33 bits per heavy atom. The normalized spacial score (nSPS) is 33.2. The first-order chi connectivity index (χ1) is 11.2. The Kier molecular flexibility index (Phi) is 3.00. The topological polar surface area (TPSA) is 75.9 Å². The van der Waals surface area contributed by atoms with Crippen LogP contribution in [0.5, 0.6) is 0 Å². The minimum absolute atomic E-state index is 0.0228. The second-order valence-corrected chi connectivity index (χ2v) is 8.03. The van der Waals surface area contributed by atoms with Gasteiger partial charge in [-0.15, -0.1) is 0 Å². The van der Waals surface area contributed by atoms with E-state index in [0.29, 0.717) is 28.8 Å². The van der Waals surface area contributed by atoms with Crippen LogP contribution in [0.3, 0.4) is 0 Å². The highest BCUT2D eigenvalue weighted by Crippen LogP contribution is 2.66. The fourth-order valence-electron chi connectivity index (χ4n) is 4.96. The van der Waals surface area contributed by atoms with Crippen molar-refractivity contribution in [3.8, 4) is 0 Å². The summed E-state index contributed by atoms with van der Waals surface area (Å²) in [7, 11) is 0. The fraction of sp³-hybridized carbons (Fsp3) is 0.526. The summed E-state index contributed by atoms with van der Waals surface area (Å²) in [5.41, 5.74) is 0.782. The van der Waals surface area contributed by atoms with Crippen LogP contribution in [0.2, 0.25) is 0 Å². The number of Topliss-reactive ketones (excluding diaryl/α,β-unsaturated/α-hetero) is 1. The molecule has 1 aliphatic heterocycles. The standard InChI is InChI=1S/C19H20N2O3/c1-18(2)12-6-7-19(18,3)15(22)11(12)8-10-4-5-13-14(9-10)21-17(24)16(23)20-13/h4-5,9,11-12H,6-8H2,1-3H3. The average molecular weight is 324 g/mol. The van der Waals surface area contributed by atoms with Crippen molar-refractivity contribution < 1.29 is 14.4 Å². The Balaban J connectivity index is 1.69. The number of amides is 2. The zero-order chi connectivity index (χ0) is 17.3. The van der Waals surface area contributed by atoms with E-state index >= 15 is 0 Å². The van der Waals surface area contributed by atoms with Crippen molar-refractivity contribution in [1.82, 2.24) is 0 Å². The summed E-state index contributed by atoms with van der Waals surface area (Å²) in [6.07, 6.45) is 2.74. The summed E-state index contributed by atoms with van der Waals surface area (Å²) in [5, 5.41) is 0.855. The summed E-state index contributed by atoms with van der Waals surface area (Å²) in [5.74, 6) is -0.864. The Bertz CT molecular complexity index is 915. The lowest BCUT2D eigenvalue weighted by molar-refractivity contribution is -0.135. The first-order valence-corrected chi connectivity index (χ1v) is 8.43. The van der Waals surface area contributed by atoms with E-state index in [1.165, 1.54) is 0 Å². The molecule has 1 aromatic carbocycles. The molecule has 0 N–H and O–H groups in total. The minimum atomic E-state index is -0.829. The monoisotopic (exact) mass is 324 g/mol. The number of ketones is 1. The molecule has 2 fully saturated rings. The van der Waals surface area contributed by atoms with Crippen molar-refractivity contribution in [3.63, 3.8) is 0 Å². The van der Waals surface area contributed by atoms with Crippen LogP contribution in [-0.4, -0.2) is 17.6 Å². The highest BCUT2D eigenvalue weighted by atomic mass is 16.2. The average Bonchev–Trinajstić information content (AvgIpc) is 2.83. The van der Waals surface area contributed by atoms with Gasteiger partial charge in [-0.25, -0.2) is 9.98 Å². The van der Waals surface area contributed by atoms with Crippen LogP contribution in [0.15, 0.2) is 28.2 Å². The van der Waals surface area contributed by atoms with Gasteiger partial charge in [-0.1, -0.05) is 26.8 Å². The second-order valence-electron chi connectivity index (χ2n) is 8.03. The smallest absolute Gasteiger partial charge is 0.299 e. The largest absolute Gasteiger partial charge is 0.338 e. The molecule has 124 valence electrons. The summed E-state index contributed by atoms with van der Waals surface area (Å²) in [6.45, 7) is 6.54. The number of rotatable bonds is 2. The number of benzene rings is 1. The highest BCUT2D eigenvalue weighted by Gasteiger charge is 2.65. The molecule has 1 heterocycles. The minimum Gasteiger partial charge on any atom is -0.299 e. The van der Waals surface area contributed by atoms with Crippen LogP contribution in [0, 0.1) is 22.7 Å². The quantitative estimate of drug-likeness (QED) is 0.767. The molecule has 0 radical (unpaired) electrons. The van der Waals surface area contributed by atoms with Gasteiger partial charge in [0.15, 0.2) is 0 Å². The zero-order valence-corrected chi connectivity index (χ0v) is 14.1. The number of hydrogen-bond donors (Lipinski definition) is 0. The van der Waals surface area contributed by atoms with Crippen molar-refractivity contribution >= 4 is 17.6 Å². The summed E-state index contributed by atoms with van der Waals surface area (Å²) >= 11 is 0. The zero-order valence-electron chi connectivity index (χ0n) is 14.1. The van der Waals surface area contributed by atoms with Gasteiger partial charge in [0.25, 0.3) is 0 Å². The van der Waals surface area contributed by atoms with E-state index in [1.807, 2.05) is 6.07 Å². The molecule has 0 aromatic heterocycles. The van der Waals surface area contributed by atoms with E-state index in [1.54, 1.807) is 12.1 Å². The van der Waals surface area contributed by atoms with Crippen molar-refractivity contribution in [3.05, 3.63) is 34.5 Å². The second kappa shape index (κ2) is 4.68. The van der Waals surface area contributed by atoms with Gasteiger partial charge >= 0.3 is 11.8 Å². The molecule has 3 atom stereocenters. The molecule has 3 unspecified atom stereocenters. The number of hydrogen-bond acceptors (Lipinski definition) is 3. The van der Waals surface area contributed by atoms with Crippen molar-refractivity contribution in [2.75, 3.05) is 0 Å². The SMILES string of the molecule is CC12CCC(C(Cc3ccc4c(c3)=NC(=O)C(=O)N=4)C1=O)C2(C)C. The molecular weight excluding hydrogens is 304 g/mol. The molecule has 2 bridgehead atoms. The lowest BCUT2D eigenvalue weighted by Crippen LogP contribution is -2.35. The van der Waals surface area contributed by atoms with Crippen molar-refractivity contribution in [2.45, 2.75) is 40.0 Å². The molecule has 2 aliphatic carbocycles. The van der Waals surface area contributed by atoms with Crippen molar-refractivity contribution in [1.29, 1.82) is 0 Å². The molecule has 24 heavy (non-hydrogen) atoms. The summed E-state index contributed by atoms with van der Waals surface area (Å²) in [4.78, 5) is 43.2. The van der Waals surface area contributed by atoms with Gasteiger partial charge in [0.2, 0.25) is 0 Å². The summed E-state index contributed by atoms with van der Waals surface area (Å²) < 4.78 is 0. The van der Waals surface area contributed by atoms with Crippen LogP contribution < -0.4 is 10.7 Å². The predicted octanol–water partition coefficient (Wildman–Crippen LogP) is 1.18. The molecule has 4 rings (SSSR count). The van der Waals surface area contributed by atoms with Crippen LogP contribution in [0.1, 0.15) is 39.2 Å². The van der Waals surface area contributed by atoms with Gasteiger partial charge in [0, 0.05) is 11.3 Å². The molecule has 0 saturated heterocycles.